The van der Waals surface area contributed by atoms with Crippen LogP contribution in [-0.2, 0) is 23.8 Å². The lowest BCUT2D eigenvalue weighted by atomic mass is 10.2. The van der Waals surface area contributed by atoms with Gasteiger partial charge in [-0.3, -0.25) is 4.79 Å². The summed E-state index contributed by atoms with van der Waals surface area (Å²) in [7, 11) is 0. The summed E-state index contributed by atoms with van der Waals surface area (Å²) in [5.41, 5.74) is 8.03. The number of rotatable bonds is 16. The lowest BCUT2D eigenvalue weighted by Gasteiger charge is -2.07. The third-order valence-electron chi connectivity index (χ3n) is 2.44. The SMILES string of the molecule is [N-]=[N+]=NCCOCCOCCOCCNC(=O)CCCC=O. The van der Waals surface area contributed by atoms with Crippen LogP contribution < -0.4 is 5.32 Å². The Labute approximate surface area is 129 Å². The van der Waals surface area contributed by atoms with E-state index in [2.05, 4.69) is 15.3 Å². The number of unbranched alkanes of at least 4 members (excludes halogenated alkanes) is 1. The Morgan fingerprint density at radius 3 is 2.36 bits per heavy atom. The Bertz CT molecular complexity index is 334. The van der Waals surface area contributed by atoms with Crippen LogP contribution in [0.5, 0.6) is 0 Å². The van der Waals surface area contributed by atoms with Gasteiger partial charge in [-0.05, 0) is 12.0 Å². The zero-order valence-corrected chi connectivity index (χ0v) is 12.7. The predicted octanol–water partition coefficient (Wildman–Crippen LogP) is 0.832. The van der Waals surface area contributed by atoms with E-state index >= 15 is 0 Å². The van der Waals surface area contributed by atoms with Crippen molar-refractivity contribution in [3.63, 3.8) is 0 Å². The van der Waals surface area contributed by atoms with Crippen LogP contribution in [-0.4, -0.2) is 64.9 Å². The topological polar surface area (TPSA) is 123 Å². The summed E-state index contributed by atoms with van der Waals surface area (Å²) in [4.78, 5) is 24.0. The molecule has 0 rings (SSSR count). The van der Waals surface area contributed by atoms with Gasteiger partial charge in [-0.25, -0.2) is 0 Å². The van der Waals surface area contributed by atoms with Gasteiger partial charge in [0.25, 0.3) is 0 Å². The molecule has 9 nitrogen and oxygen atoms in total. The number of carbonyl (C=O) groups is 2. The van der Waals surface area contributed by atoms with Crippen molar-refractivity contribution in [3.05, 3.63) is 10.4 Å². The van der Waals surface area contributed by atoms with Crippen LogP contribution in [0.25, 0.3) is 10.4 Å². The van der Waals surface area contributed by atoms with E-state index in [9.17, 15) is 9.59 Å². The number of carbonyl (C=O) groups excluding carboxylic acids is 2. The van der Waals surface area contributed by atoms with Crippen molar-refractivity contribution < 1.29 is 23.8 Å². The number of nitrogens with one attached hydrogen (secondary N) is 1. The van der Waals surface area contributed by atoms with E-state index in [4.69, 9.17) is 19.7 Å². The van der Waals surface area contributed by atoms with E-state index in [1.54, 1.807) is 0 Å². The molecule has 0 unspecified atom stereocenters. The van der Waals surface area contributed by atoms with E-state index in [-0.39, 0.29) is 5.91 Å². The fraction of sp³-hybridized carbons (Fsp3) is 0.846. The normalized spacial score (nSPS) is 10.0. The maximum Gasteiger partial charge on any atom is 0.220 e. The first-order valence-corrected chi connectivity index (χ1v) is 7.25. The molecule has 0 saturated carbocycles. The van der Waals surface area contributed by atoms with Gasteiger partial charge in [-0.2, -0.15) is 0 Å². The fourth-order valence-corrected chi connectivity index (χ4v) is 1.39. The van der Waals surface area contributed by atoms with Crippen LogP contribution in [0.3, 0.4) is 0 Å². The number of aldehydes is 1. The van der Waals surface area contributed by atoms with Gasteiger partial charge in [0.2, 0.25) is 5.91 Å². The highest BCUT2D eigenvalue weighted by atomic mass is 16.5. The van der Waals surface area contributed by atoms with Gasteiger partial charge in [0, 0.05) is 30.8 Å². The minimum absolute atomic E-state index is 0.0698. The molecule has 0 aliphatic heterocycles. The average Bonchev–Trinajstić information content (AvgIpc) is 2.52. The summed E-state index contributed by atoms with van der Waals surface area (Å²) >= 11 is 0. The molecule has 0 atom stereocenters. The van der Waals surface area contributed by atoms with Crippen LogP contribution >= 0.6 is 0 Å². The smallest absolute Gasteiger partial charge is 0.220 e. The first-order valence-electron chi connectivity index (χ1n) is 7.25. The molecule has 0 aromatic rings. The third kappa shape index (κ3) is 16.4. The van der Waals surface area contributed by atoms with Crippen molar-refractivity contribution >= 4 is 12.2 Å². The Kier molecular flexibility index (Phi) is 16.1. The molecule has 0 aliphatic carbocycles. The van der Waals surface area contributed by atoms with Gasteiger partial charge in [-0.15, -0.1) is 0 Å². The quantitative estimate of drug-likeness (QED) is 0.148. The van der Waals surface area contributed by atoms with Crippen molar-refractivity contribution in [2.45, 2.75) is 19.3 Å². The number of azide groups is 1. The first kappa shape index (κ1) is 20.3. The molecule has 0 aromatic heterocycles. The Morgan fingerprint density at radius 1 is 1.09 bits per heavy atom. The van der Waals surface area contributed by atoms with Crippen LogP contribution in [0.4, 0.5) is 0 Å². The summed E-state index contributed by atoms with van der Waals surface area (Å²) in [5.74, 6) is -0.0698. The summed E-state index contributed by atoms with van der Waals surface area (Å²) < 4.78 is 15.7. The van der Waals surface area contributed by atoms with Gasteiger partial charge in [0.15, 0.2) is 0 Å². The number of nitrogens with zero attached hydrogens (tertiary/aromatic N) is 3. The highest BCUT2D eigenvalue weighted by Gasteiger charge is 1.99. The molecule has 0 heterocycles. The number of hydrogen-bond donors (Lipinski definition) is 1. The minimum Gasteiger partial charge on any atom is -0.379 e. The lowest BCUT2D eigenvalue weighted by Crippen LogP contribution is -2.27. The largest absolute Gasteiger partial charge is 0.379 e. The standard InChI is InChI=1S/C13H24N4O5/c14-17-16-5-8-21-10-12-22-11-9-20-7-4-15-13(19)3-1-2-6-18/h6H,1-5,7-12H2,(H,15,19). The van der Waals surface area contributed by atoms with E-state index < -0.39 is 0 Å². The first-order chi connectivity index (χ1) is 10.8. The molecule has 0 bridgehead atoms. The van der Waals surface area contributed by atoms with Gasteiger partial charge in [0.05, 0.1) is 39.6 Å². The highest BCUT2D eigenvalue weighted by molar-refractivity contribution is 5.76. The Hall–Kier alpha value is -1.67. The molecule has 0 saturated heterocycles. The van der Waals surface area contributed by atoms with Gasteiger partial charge in [0.1, 0.15) is 6.29 Å². The van der Waals surface area contributed by atoms with Crippen LogP contribution in [0.1, 0.15) is 19.3 Å². The molecule has 0 spiro atoms. The molecular formula is C13H24N4O5. The minimum atomic E-state index is -0.0698. The summed E-state index contributed by atoms with van der Waals surface area (Å²) in [6.07, 6.45) is 2.16. The number of amides is 1. The zero-order valence-electron chi connectivity index (χ0n) is 12.7. The van der Waals surface area contributed by atoms with E-state index in [0.29, 0.717) is 72.0 Å². The molecular weight excluding hydrogens is 292 g/mol. The number of ether oxygens (including phenoxy) is 3. The molecule has 1 amide bonds. The van der Waals surface area contributed by atoms with Crippen molar-refractivity contribution in [2.75, 3.05) is 52.7 Å². The van der Waals surface area contributed by atoms with Gasteiger partial charge in [-0.1, -0.05) is 5.11 Å². The molecule has 0 radical (unpaired) electrons. The molecule has 1 N–H and O–H groups in total. The maximum atomic E-state index is 11.3. The van der Waals surface area contributed by atoms with E-state index in [1.165, 1.54) is 0 Å². The molecule has 126 valence electrons. The maximum absolute atomic E-state index is 11.3. The van der Waals surface area contributed by atoms with E-state index in [0.717, 1.165) is 6.29 Å². The van der Waals surface area contributed by atoms with Crippen molar-refractivity contribution in [3.8, 4) is 0 Å². The zero-order chi connectivity index (χ0) is 16.3. The number of hydrogen-bond acceptors (Lipinski definition) is 6. The monoisotopic (exact) mass is 316 g/mol. The van der Waals surface area contributed by atoms with Crippen LogP contribution in [0, 0.1) is 0 Å². The fourth-order valence-electron chi connectivity index (χ4n) is 1.39. The molecule has 0 aromatic carbocycles. The van der Waals surface area contributed by atoms with Crippen molar-refractivity contribution in [2.24, 2.45) is 5.11 Å². The van der Waals surface area contributed by atoms with Crippen LogP contribution in [0.2, 0.25) is 0 Å². The summed E-state index contributed by atoms with van der Waals surface area (Å²) in [6, 6.07) is 0. The Balaban J connectivity index is 3.12. The highest BCUT2D eigenvalue weighted by Crippen LogP contribution is 1.91. The average molecular weight is 316 g/mol. The molecule has 9 heteroatoms. The second kappa shape index (κ2) is 17.4. The Morgan fingerprint density at radius 2 is 1.73 bits per heavy atom. The lowest BCUT2D eigenvalue weighted by molar-refractivity contribution is -0.121. The third-order valence-corrected chi connectivity index (χ3v) is 2.44. The summed E-state index contributed by atoms with van der Waals surface area (Å²) in [6.45, 7) is 3.36. The molecule has 22 heavy (non-hydrogen) atoms. The predicted molar refractivity (Wildman–Crippen MR) is 79.4 cm³/mol. The van der Waals surface area contributed by atoms with Crippen molar-refractivity contribution in [1.82, 2.24) is 5.32 Å². The summed E-state index contributed by atoms with van der Waals surface area (Å²) in [5, 5.41) is 6.03. The second-order valence-electron chi connectivity index (χ2n) is 4.20. The molecule has 0 aliphatic rings. The van der Waals surface area contributed by atoms with E-state index in [1.807, 2.05) is 0 Å². The molecule has 0 fully saturated rings. The second-order valence-corrected chi connectivity index (χ2v) is 4.20. The van der Waals surface area contributed by atoms with Gasteiger partial charge < -0.3 is 24.3 Å². The van der Waals surface area contributed by atoms with Crippen molar-refractivity contribution in [1.29, 1.82) is 0 Å². The van der Waals surface area contributed by atoms with Crippen LogP contribution in [0.15, 0.2) is 5.11 Å². The van der Waals surface area contributed by atoms with Gasteiger partial charge >= 0.3 is 0 Å².